The van der Waals surface area contributed by atoms with Crippen LogP contribution in [0.2, 0.25) is 0 Å². The highest BCUT2D eigenvalue weighted by Gasteiger charge is 2.59. The number of carbonyl (C=O) groups is 4. The van der Waals surface area contributed by atoms with Crippen LogP contribution < -0.4 is 0 Å². The van der Waals surface area contributed by atoms with Gasteiger partial charge >= 0.3 is 0 Å². The van der Waals surface area contributed by atoms with E-state index in [2.05, 4.69) is 0 Å². The quantitative estimate of drug-likeness (QED) is 0.615. The lowest BCUT2D eigenvalue weighted by molar-refractivity contribution is -0.158. The fourth-order valence-corrected chi connectivity index (χ4v) is 3.25. The van der Waals surface area contributed by atoms with Crippen LogP contribution in [0.3, 0.4) is 0 Å². The summed E-state index contributed by atoms with van der Waals surface area (Å²) in [4.78, 5) is 50.7. The Morgan fingerprint density at radius 2 is 1.54 bits per heavy atom. The molecular weight excluding hydrogens is 306 g/mol. The Hall–Kier alpha value is -2.61. The molecule has 0 aliphatic heterocycles. The molecule has 0 aromatic heterocycles. The third kappa shape index (κ3) is 2.39. The van der Waals surface area contributed by atoms with Crippen molar-refractivity contribution in [2.75, 3.05) is 0 Å². The van der Waals surface area contributed by atoms with E-state index in [1.54, 1.807) is 6.92 Å². The summed E-state index contributed by atoms with van der Waals surface area (Å²) < 4.78 is 0. The fourth-order valence-electron chi connectivity index (χ4n) is 3.25. The SMILES string of the molecule is Cc1cc(C#N)ccc1C(=O)C1C(=O)C(C)(C)C(=O)C(C)(C)C1=O. The molecule has 1 saturated carbocycles. The second-order valence-corrected chi connectivity index (χ2v) is 7.25. The Morgan fingerprint density at radius 3 is 1.96 bits per heavy atom. The van der Waals surface area contributed by atoms with E-state index in [1.165, 1.54) is 45.9 Å². The van der Waals surface area contributed by atoms with Crippen LogP contribution in [0.15, 0.2) is 18.2 Å². The van der Waals surface area contributed by atoms with Gasteiger partial charge in [-0.3, -0.25) is 19.2 Å². The van der Waals surface area contributed by atoms with Crippen LogP contribution in [0.5, 0.6) is 0 Å². The number of hydrogen-bond donors (Lipinski definition) is 0. The maximum absolute atomic E-state index is 12.9. The van der Waals surface area contributed by atoms with Crippen molar-refractivity contribution in [1.29, 1.82) is 5.26 Å². The highest BCUT2D eigenvalue weighted by molar-refractivity contribution is 6.37. The van der Waals surface area contributed by atoms with E-state index in [1.807, 2.05) is 6.07 Å². The van der Waals surface area contributed by atoms with Gasteiger partial charge in [0.1, 0.15) is 5.92 Å². The van der Waals surface area contributed by atoms with E-state index in [0.717, 1.165) is 0 Å². The minimum absolute atomic E-state index is 0.224. The molecule has 0 bridgehead atoms. The molecule has 2 rings (SSSR count). The molecule has 1 aromatic carbocycles. The van der Waals surface area contributed by atoms with Crippen molar-refractivity contribution in [1.82, 2.24) is 0 Å². The van der Waals surface area contributed by atoms with E-state index >= 15 is 0 Å². The number of nitrogens with zero attached hydrogens (tertiary/aromatic N) is 1. The molecule has 0 atom stereocenters. The minimum Gasteiger partial charge on any atom is -0.297 e. The molecule has 24 heavy (non-hydrogen) atoms. The third-order valence-electron chi connectivity index (χ3n) is 4.77. The Labute approximate surface area is 140 Å². The number of Topliss-reactive ketones (excluding diaryl/α,β-unsaturated/α-hetero) is 4. The Morgan fingerprint density at radius 1 is 1.04 bits per heavy atom. The maximum Gasteiger partial charge on any atom is 0.181 e. The van der Waals surface area contributed by atoms with E-state index in [4.69, 9.17) is 5.26 Å². The first-order chi connectivity index (χ1) is 11.0. The molecule has 124 valence electrons. The van der Waals surface area contributed by atoms with Gasteiger partial charge < -0.3 is 0 Å². The van der Waals surface area contributed by atoms with Gasteiger partial charge in [-0.1, -0.05) is 0 Å². The zero-order valence-electron chi connectivity index (χ0n) is 14.4. The number of rotatable bonds is 2. The molecule has 0 amide bonds. The number of nitriles is 1. The van der Waals surface area contributed by atoms with Gasteiger partial charge in [0.25, 0.3) is 0 Å². The molecule has 0 spiro atoms. The van der Waals surface area contributed by atoms with E-state index in [9.17, 15) is 19.2 Å². The second-order valence-electron chi connectivity index (χ2n) is 7.25. The summed E-state index contributed by atoms with van der Waals surface area (Å²) in [6.07, 6.45) is 0. The van der Waals surface area contributed by atoms with Crippen molar-refractivity contribution in [2.45, 2.75) is 34.6 Å². The molecular formula is C19H19NO4. The van der Waals surface area contributed by atoms with Gasteiger partial charge in [0.15, 0.2) is 23.1 Å². The molecule has 0 radical (unpaired) electrons. The number of hydrogen-bond acceptors (Lipinski definition) is 5. The van der Waals surface area contributed by atoms with Crippen LogP contribution in [0.1, 0.15) is 49.2 Å². The zero-order chi connectivity index (χ0) is 18.4. The average molecular weight is 325 g/mol. The molecule has 0 saturated heterocycles. The summed E-state index contributed by atoms with van der Waals surface area (Å²) in [6, 6.07) is 6.43. The van der Waals surface area contributed by atoms with Crippen LogP contribution in [0.4, 0.5) is 0 Å². The summed E-state index contributed by atoms with van der Waals surface area (Å²) in [5.74, 6) is -3.89. The van der Waals surface area contributed by atoms with Gasteiger partial charge in [0.2, 0.25) is 0 Å². The van der Waals surface area contributed by atoms with Crippen molar-refractivity contribution in [3.8, 4) is 6.07 Å². The van der Waals surface area contributed by atoms with Gasteiger partial charge in [-0.15, -0.1) is 0 Å². The largest absolute Gasteiger partial charge is 0.297 e. The summed E-state index contributed by atoms with van der Waals surface area (Å²) in [6.45, 7) is 7.47. The molecule has 1 fully saturated rings. The topological polar surface area (TPSA) is 92.1 Å². The predicted molar refractivity (Wildman–Crippen MR) is 86.3 cm³/mol. The lowest BCUT2D eigenvalue weighted by Crippen LogP contribution is -2.59. The predicted octanol–water partition coefficient (Wildman–Crippen LogP) is 2.44. The first-order valence-corrected chi connectivity index (χ1v) is 7.64. The number of carbonyl (C=O) groups excluding carboxylic acids is 4. The summed E-state index contributed by atoms with van der Waals surface area (Å²) in [5.41, 5.74) is -1.65. The van der Waals surface area contributed by atoms with E-state index < -0.39 is 39.9 Å². The van der Waals surface area contributed by atoms with Crippen molar-refractivity contribution in [2.24, 2.45) is 16.7 Å². The van der Waals surface area contributed by atoms with Crippen molar-refractivity contribution in [3.63, 3.8) is 0 Å². The molecule has 0 heterocycles. The van der Waals surface area contributed by atoms with Gasteiger partial charge in [-0.25, -0.2) is 0 Å². The Bertz CT molecular complexity index is 794. The van der Waals surface area contributed by atoms with E-state index in [0.29, 0.717) is 11.1 Å². The molecule has 1 aliphatic carbocycles. The van der Waals surface area contributed by atoms with Crippen LogP contribution in [0.25, 0.3) is 0 Å². The smallest absolute Gasteiger partial charge is 0.181 e. The first-order valence-electron chi connectivity index (χ1n) is 7.64. The minimum atomic E-state index is -1.49. The van der Waals surface area contributed by atoms with Crippen molar-refractivity contribution >= 4 is 23.1 Å². The number of aryl methyl sites for hydroxylation is 1. The Kier molecular flexibility index (Phi) is 4.05. The van der Waals surface area contributed by atoms with Gasteiger partial charge in [0.05, 0.1) is 22.5 Å². The van der Waals surface area contributed by atoms with Crippen LogP contribution in [-0.4, -0.2) is 23.1 Å². The standard InChI is InChI=1S/C19H19NO4/c1-10-8-11(9-20)6-7-12(10)14(21)13-15(22)18(2,3)17(24)19(4,5)16(13)23/h6-8,13H,1-5H3. The molecule has 5 nitrogen and oxygen atoms in total. The number of ketones is 4. The van der Waals surface area contributed by atoms with Crippen molar-refractivity contribution in [3.05, 3.63) is 34.9 Å². The molecule has 1 aliphatic rings. The molecule has 5 heteroatoms. The summed E-state index contributed by atoms with van der Waals surface area (Å²) in [5, 5.41) is 8.91. The molecule has 0 N–H and O–H groups in total. The van der Waals surface area contributed by atoms with Crippen LogP contribution in [0, 0.1) is 35.0 Å². The lowest BCUT2D eigenvalue weighted by Gasteiger charge is -2.40. The van der Waals surface area contributed by atoms with Crippen molar-refractivity contribution < 1.29 is 19.2 Å². The van der Waals surface area contributed by atoms with Gasteiger partial charge in [-0.05, 0) is 58.4 Å². The fraction of sp³-hybridized carbons (Fsp3) is 0.421. The highest BCUT2D eigenvalue weighted by atomic mass is 16.2. The van der Waals surface area contributed by atoms with E-state index in [-0.39, 0.29) is 5.56 Å². The maximum atomic E-state index is 12.9. The summed E-state index contributed by atoms with van der Waals surface area (Å²) in [7, 11) is 0. The van der Waals surface area contributed by atoms with Gasteiger partial charge in [-0.2, -0.15) is 5.26 Å². The van der Waals surface area contributed by atoms with Gasteiger partial charge in [0, 0.05) is 5.56 Å². The lowest BCUT2D eigenvalue weighted by atomic mass is 9.57. The second kappa shape index (κ2) is 5.48. The summed E-state index contributed by atoms with van der Waals surface area (Å²) >= 11 is 0. The van der Waals surface area contributed by atoms with Crippen LogP contribution >= 0.6 is 0 Å². The van der Waals surface area contributed by atoms with Crippen LogP contribution in [-0.2, 0) is 14.4 Å². The monoisotopic (exact) mass is 325 g/mol. The first kappa shape index (κ1) is 17.7. The highest BCUT2D eigenvalue weighted by Crippen LogP contribution is 2.42. The molecule has 0 unspecified atom stereocenters. The third-order valence-corrected chi connectivity index (χ3v) is 4.77. The average Bonchev–Trinajstić information content (AvgIpc) is 2.52. The Balaban J connectivity index is 2.56. The zero-order valence-corrected chi connectivity index (χ0v) is 14.4. The number of benzene rings is 1. The molecule has 1 aromatic rings. The normalized spacial score (nSPS) is 19.9.